The lowest BCUT2D eigenvalue weighted by atomic mass is 10.1. The predicted octanol–water partition coefficient (Wildman–Crippen LogP) is 3.59. The van der Waals surface area contributed by atoms with E-state index in [4.69, 9.17) is 0 Å². The minimum atomic E-state index is -0.0363. The van der Waals surface area contributed by atoms with Crippen molar-refractivity contribution in [3.63, 3.8) is 0 Å². The molecule has 0 radical (unpaired) electrons. The maximum absolute atomic E-state index is 12.8. The number of para-hydroxylation sites is 1. The van der Waals surface area contributed by atoms with Gasteiger partial charge >= 0.3 is 0 Å². The van der Waals surface area contributed by atoms with Crippen molar-refractivity contribution in [1.82, 2.24) is 29.2 Å². The number of thiophene rings is 1. The lowest BCUT2D eigenvalue weighted by molar-refractivity contribution is 0.0955. The van der Waals surface area contributed by atoms with Crippen LogP contribution in [0, 0.1) is 6.92 Å². The second-order valence-electron chi connectivity index (χ2n) is 7.34. The summed E-state index contributed by atoms with van der Waals surface area (Å²) in [7, 11) is 1.92. The smallest absolute Gasteiger partial charge is 0.261 e. The van der Waals surface area contributed by atoms with Gasteiger partial charge in [-0.3, -0.25) is 14.2 Å². The Labute approximate surface area is 182 Å². The molecule has 4 aromatic rings. The minimum absolute atomic E-state index is 0.0363. The second kappa shape index (κ2) is 7.90. The molecule has 1 aliphatic rings. The van der Waals surface area contributed by atoms with Crippen LogP contribution < -0.4 is 5.32 Å². The van der Waals surface area contributed by atoms with Gasteiger partial charge in [-0.15, -0.1) is 11.3 Å². The van der Waals surface area contributed by atoms with E-state index in [1.54, 1.807) is 23.3 Å². The van der Waals surface area contributed by atoms with E-state index in [0.29, 0.717) is 6.54 Å². The molecule has 7 nitrogen and oxygen atoms in total. The molecule has 30 heavy (non-hydrogen) atoms. The van der Waals surface area contributed by atoms with E-state index in [-0.39, 0.29) is 5.91 Å². The fourth-order valence-electron chi connectivity index (χ4n) is 3.77. The van der Waals surface area contributed by atoms with Crippen molar-refractivity contribution >= 4 is 40.1 Å². The lowest BCUT2D eigenvalue weighted by Crippen LogP contribution is -2.28. The van der Waals surface area contributed by atoms with Gasteiger partial charge in [0.15, 0.2) is 0 Å². The van der Waals surface area contributed by atoms with Crippen LogP contribution >= 0.6 is 23.3 Å². The Hall–Kier alpha value is -2.62. The zero-order valence-electron chi connectivity index (χ0n) is 16.8. The SMILES string of the molecule is Cc1sc(C(=O)NCc2cccc3cnn(C)c23)cc1SN1CCn2nccc2C1. The van der Waals surface area contributed by atoms with E-state index in [9.17, 15) is 4.79 Å². The van der Waals surface area contributed by atoms with Gasteiger partial charge in [-0.2, -0.15) is 10.2 Å². The van der Waals surface area contributed by atoms with Crippen LogP contribution in [0.4, 0.5) is 0 Å². The third-order valence-corrected chi connectivity index (χ3v) is 7.68. The van der Waals surface area contributed by atoms with Crippen LogP contribution in [0.5, 0.6) is 0 Å². The van der Waals surface area contributed by atoms with Gasteiger partial charge in [-0.05, 0) is 36.6 Å². The molecule has 1 amide bonds. The van der Waals surface area contributed by atoms with Crippen molar-refractivity contribution in [3.05, 3.63) is 63.7 Å². The Morgan fingerprint density at radius 1 is 1.27 bits per heavy atom. The summed E-state index contributed by atoms with van der Waals surface area (Å²) in [6.45, 7) is 5.24. The molecule has 0 saturated heterocycles. The highest BCUT2D eigenvalue weighted by Crippen LogP contribution is 2.34. The zero-order chi connectivity index (χ0) is 20.7. The fourth-order valence-corrected chi connectivity index (χ4v) is 5.86. The van der Waals surface area contributed by atoms with Crippen molar-refractivity contribution in [3.8, 4) is 0 Å². The number of hydrogen-bond donors (Lipinski definition) is 1. The van der Waals surface area contributed by atoms with Crippen molar-refractivity contribution < 1.29 is 4.79 Å². The van der Waals surface area contributed by atoms with Crippen LogP contribution in [-0.4, -0.2) is 36.3 Å². The van der Waals surface area contributed by atoms with Gasteiger partial charge in [0.25, 0.3) is 5.91 Å². The molecule has 0 spiro atoms. The van der Waals surface area contributed by atoms with E-state index in [1.807, 2.05) is 48.4 Å². The number of rotatable bonds is 5. The summed E-state index contributed by atoms with van der Waals surface area (Å²) >= 11 is 3.27. The summed E-state index contributed by atoms with van der Waals surface area (Å²) in [6.07, 6.45) is 3.70. The predicted molar refractivity (Wildman–Crippen MR) is 119 cm³/mol. The normalized spacial score (nSPS) is 14.2. The molecule has 1 N–H and O–H groups in total. The number of hydrogen-bond acceptors (Lipinski definition) is 6. The average Bonchev–Trinajstić information content (AvgIpc) is 3.46. The molecule has 0 atom stereocenters. The van der Waals surface area contributed by atoms with E-state index < -0.39 is 0 Å². The maximum Gasteiger partial charge on any atom is 0.261 e. The summed E-state index contributed by atoms with van der Waals surface area (Å²) < 4.78 is 6.24. The van der Waals surface area contributed by atoms with Crippen LogP contribution in [0.25, 0.3) is 10.9 Å². The highest BCUT2D eigenvalue weighted by molar-refractivity contribution is 7.97. The molecule has 0 bridgehead atoms. The Morgan fingerprint density at radius 3 is 3.07 bits per heavy atom. The first-order valence-corrected chi connectivity index (χ1v) is 11.4. The molecule has 3 aromatic heterocycles. The topological polar surface area (TPSA) is 68.0 Å². The van der Waals surface area contributed by atoms with Gasteiger partial charge in [-0.25, -0.2) is 4.31 Å². The molecule has 9 heteroatoms. The van der Waals surface area contributed by atoms with Gasteiger partial charge < -0.3 is 5.32 Å². The largest absolute Gasteiger partial charge is 0.347 e. The minimum Gasteiger partial charge on any atom is -0.347 e. The first-order chi connectivity index (χ1) is 14.6. The average molecular weight is 439 g/mol. The van der Waals surface area contributed by atoms with Crippen LogP contribution in [-0.2, 0) is 26.7 Å². The highest BCUT2D eigenvalue weighted by atomic mass is 32.2. The van der Waals surface area contributed by atoms with Crippen molar-refractivity contribution in [2.24, 2.45) is 7.05 Å². The molecule has 1 aliphatic heterocycles. The van der Waals surface area contributed by atoms with Crippen molar-refractivity contribution in [2.45, 2.75) is 31.5 Å². The van der Waals surface area contributed by atoms with Gasteiger partial charge in [-0.1, -0.05) is 18.2 Å². The number of aryl methyl sites for hydroxylation is 2. The fraction of sp³-hybridized carbons (Fsp3) is 0.286. The van der Waals surface area contributed by atoms with Crippen LogP contribution in [0.15, 0.2) is 47.6 Å². The molecule has 0 fully saturated rings. The second-order valence-corrected chi connectivity index (χ2v) is 9.73. The molecular formula is C21H22N6OS2. The molecule has 0 saturated carbocycles. The molecule has 154 valence electrons. The summed E-state index contributed by atoms with van der Waals surface area (Å²) in [5.74, 6) is -0.0363. The monoisotopic (exact) mass is 438 g/mol. The standard InChI is InChI=1S/C21H22N6OS2/c1-14-18(30-26-8-9-27-17(13-26)6-7-23-27)10-19(29-14)21(28)22-11-15-4-3-5-16-12-24-25(2)20(15)16/h3-7,10,12H,8-9,11,13H2,1-2H3,(H,22,28). The Bertz CT molecular complexity index is 1220. The lowest BCUT2D eigenvalue weighted by Gasteiger charge is -2.26. The number of benzene rings is 1. The number of nitrogens with zero attached hydrogens (tertiary/aromatic N) is 5. The van der Waals surface area contributed by atoms with Crippen molar-refractivity contribution in [2.75, 3.05) is 6.54 Å². The number of aromatic nitrogens is 4. The zero-order valence-corrected chi connectivity index (χ0v) is 18.5. The Kier molecular flexibility index (Phi) is 5.10. The first kappa shape index (κ1) is 19.3. The molecule has 0 aliphatic carbocycles. The molecule has 0 unspecified atom stereocenters. The third-order valence-electron chi connectivity index (χ3n) is 5.31. The van der Waals surface area contributed by atoms with E-state index in [2.05, 4.69) is 37.5 Å². The van der Waals surface area contributed by atoms with Crippen LogP contribution in [0.3, 0.4) is 0 Å². The number of nitrogens with one attached hydrogen (secondary N) is 1. The number of fused-ring (bicyclic) bond motifs is 2. The molecular weight excluding hydrogens is 416 g/mol. The molecule has 4 heterocycles. The quantitative estimate of drug-likeness (QED) is 0.482. The van der Waals surface area contributed by atoms with Gasteiger partial charge in [0.2, 0.25) is 0 Å². The van der Waals surface area contributed by atoms with E-state index >= 15 is 0 Å². The summed E-state index contributed by atoms with van der Waals surface area (Å²) in [4.78, 5) is 15.9. The number of carbonyl (C=O) groups is 1. The Balaban J connectivity index is 1.26. The van der Waals surface area contributed by atoms with Crippen LogP contribution in [0.1, 0.15) is 25.8 Å². The van der Waals surface area contributed by atoms with Gasteiger partial charge in [0, 0.05) is 41.5 Å². The Morgan fingerprint density at radius 2 is 2.17 bits per heavy atom. The van der Waals surface area contributed by atoms with Crippen LogP contribution in [0.2, 0.25) is 0 Å². The molecule has 5 rings (SSSR count). The third kappa shape index (κ3) is 3.64. The summed E-state index contributed by atoms with van der Waals surface area (Å²) in [5, 5.41) is 12.8. The van der Waals surface area contributed by atoms with Crippen molar-refractivity contribution in [1.29, 1.82) is 0 Å². The molecule has 1 aromatic carbocycles. The highest BCUT2D eigenvalue weighted by Gasteiger charge is 2.20. The number of carbonyl (C=O) groups excluding carboxylic acids is 1. The van der Waals surface area contributed by atoms with Gasteiger partial charge in [0.1, 0.15) is 0 Å². The first-order valence-electron chi connectivity index (χ1n) is 9.80. The maximum atomic E-state index is 12.8. The van der Waals surface area contributed by atoms with E-state index in [1.165, 1.54) is 5.69 Å². The summed E-state index contributed by atoms with van der Waals surface area (Å²) in [6, 6.07) is 10.1. The van der Waals surface area contributed by atoms with E-state index in [0.717, 1.165) is 50.8 Å². The number of amides is 1. The van der Waals surface area contributed by atoms with Gasteiger partial charge in [0.05, 0.1) is 35.4 Å². The summed E-state index contributed by atoms with van der Waals surface area (Å²) in [5.41, 5.74) is 3.35.